The Morgan fingerprint density at radius 3 is 2.81 bits per heavy atom. The molecule has 0 aliphatic carbocycles. The lowest BCUT2D eigenvalue weighted by Crippen LogP contribution is -2.13. The summed E-state index contributed by atoms with van der Waals surface area (Å²) in [5.74, 6) is -0.194. The molecule has 2 aromatic heterocycles. The highest BCUT2D eigenvalue weighted by Gasteiger charge is 2.12. The highest BCUT2D eigenvalue weighted by molar-refractivity contribution is 6.29. The predicted octanol–water partition coefficient (Wildman–Crippen LogP) is 3.84. The van der Waals surface area contributed by atoms with Crippen molar-refractivity contribution in [3.8, 4) is 0 Å². The summed E-state index contributed by atoms with van der Waals surface area (Å²) in [7, 11) is 0. The number of rotatable bonds is 2. The number of halogens is 1. The van der Waals surface area contributed by atoms with Crippen LogP contribution in [0.2, 0.25) is 5.15 Å². The first-order chi connectivity index (χ1) is 10.1. The molecule has 4 nitrogen and oxygen atoms in total. The third kappa shape index (κ3) is 2.71. The maximum atomic E-state index is 12.5. The van der Waals surface area contributed by atoms with Crippen molar-refractivity contribution in [2.45, 2.75) is 6.92 Å². The van der Waals surface area contributed by atoms with Crippen LogP contribution >= 0.6 is 11.6 Å². The average molecular weight is 298 g/mol. The van der Waals surface area contributed by atoms with Gasteiger partial charge in [-0.25, -0.2) is 4.98 Å². The molecule has 1 N–H and O–H groups in total. The van der Waals surface area contributed by atoms with Gasteiger partial charge < -0.3 is 5.32 Å². The van der Waals surface area contributed by atoms with Gasteiger partial charge in [-0.1, -0.05) is 23.7 Å². The molecule has 1 aromatic carbocycles. The second-order valence-electron chi connectivity index (χ2n) is 4.60. The summed E-state index contributed by atoms with van der Waals surface area (Å²) in [5, 5.41) is 4.08. The monoisotopic (exact) mass is 297 g/mol. The van der Waals surface area contributed by atoms with E-state index in [1.54, 1.807) is 31.3 Å². The lowest BCUT2D eigenvalue weighted by atomic mass is 10.1. The molecule has 2 heterocycles. The fourth-order valence-electron chi connectivity index (χ4n) is 2.15. The molecule has 3 rings (SSSR count). The van der Waals surface area contributed by atoms with Crippen molar-refractivity contribution in [2.24, 2.45) is 0 Å². The lowest BCUT2D eigenvalue weighted by molar-refractivity contribution is 0.102. The van der Waals surface area contributed by atoms with Crippen LogP contribution in [-0.2, 0) is 0 Å². The number of carbonyl (C=O) groups is 1. The molecule has 0 saturated carbocycles. The van der Waals surface area contributed by atoms with Crippen molar-refractivity contribution < 1.29 is 4.79 Å². The van der Waals surface area contributed by atoms with Crippen LogP contribution in [0.15, 0.2) is 48.7 Å². The van der Waals surface area contributed by atoms with Crippen LogP contribution in [0, 0.1) is 6.92 Å². The molecule has 3 aromatic rings. The second kappa shape index (κ2) is 5.50. The van der Waals surface area contributed by atoms with E-state index in [-0.39, 0.29) is 5.91 Å². The molecule has 0 radical (unpaired) electrons. The van der Waals surface area contributed by atoms with Gasteiger partial charge in [0.1, 0.15) is 5.15 Å². The number of carbonyl (C=O) groups excluding carboxylic acids is 1. The SMILES string of the molecule is Cc1nc(Cl)ccc1NC(=O)c1cccc2ncccc12. The van der Waals surface area contributed by atoms with Gasteiger partial charge in [-0.3, -0.25) is 9.78 Å². The third-order valence-electron chi connectivity index (χ3n) is 3.19. The first-order valence-electron chi connectivity index (χ1n) is 6.43. The van der Waals surface area contributed by atoms with Gasteiger partial charge in [-0.05, 0) is 37.3 Å². The molecular formula is C16H12ClN3O. The zero-order chi connectivity index (χ0) is 14.8. The van der Waals surface area contributed by atoms with E-state index in [2.05, 4.69) is 15.3 Å². The van der Waals surface area contributed by atoms with Crippen molar-refractivity contribution in [1.82, 2.24) is 9.97 Å². The van der Waals surface area contributed by atoms with Crippen LogP contribution in [-0.4, -0.2) is 15.9 Å². The fraction of sp³-hybridized carbons (Fsp3) is 0.0625. The Kier molecular flexibility index (Phi) is 3.54. The molecule has 104 valence electrons. The summed E-state index contributed by atoms with van der Waals surface area (Å²) >= 11 is 5.82. The lowest BCUT2D eigenvalue weighted by Gasteiger charge is -2.09. The van der Waals surface area contributed by atoms with Crippen LogP contribution in [0.25, 0.3) is 10.9 Å². The largest absolute Gasteiger partial charge is 0.320 e. The summed E-state index contributed by atoms with van der Waals surface area (Å²) in [6, 6.07) is 12.6. The number of hydrogen-bond donors (Lipinski definition) is 1. The van der Waals surface area contributed by atoms with Gasteiger partial charge in [0.25, 0.3) is 5.91 Å². The standard InChI is InChI=1S/C16H12ClN3O/c1-10-13(7-8-15(17)19-10)20-16(21)12-4-2-6-14-11(12)5-3-9-18-14/h2-9H,1H3,(H,20,21). The van der Waals surface area contributed by atoms with Crippen molar-refractivity contribution in [2.75, 3.05) is 5.32 Å². The highest BCUT2D eigenvalue weighted by atomic mass is 35.5. The fourth-order valence-corrected chi connectivity index (χ4v) is 2.34. The van der Waals surface area contributed by atoms with Crippen molar-refractivity contribution in [3.05, 3.63) is 65.1 Å². The van der Waals surface area contributed by atoms with Crippen molar-refractivity contribution >= 4 is 34.1 Å². The molecule has 0 saturated heterocycles. The summed E-state index contributed by atoms with van der Waals surface area (Å²) in [6.45, 7) is 1.80. The van der Waals surface area contributed by atoms with Crippen LogP contribution in [0.1, 0.15) is 16.1 Å². The van der Waals surface area contributed by atoms with Gasteiger partial charge in [0.2, 0.25) is 0 Å². The topological polar surface area (TPSA) is 54.9 Å². The van der Waals surface area contributed by atoms with Gasteiger partial charge >= 0.3 is 0 Å². The molecular weight excluding hydrogens is 286 g/mol. The van der Waals surface area contributed by atoms with E-state index in [9.17, 15) is 4.79 Å². The minimum Gasteiger partial charge on any atom is -0.320 e. The molecule has 0 aliphatic rings. The molecule has 0 unspecified atom stereocenters. The maximum Gasteiger partial charge on any atom is 0.256 e. The van der Waals surface area contributed by atoms with Crippen LogP contribution in [0.5, 0.6) is 0 Å². The Hall–Kier alpha value is -2.46. The maximum absolute atomic E-state index is 12.5. The van der Waals surface area contributed by atoms with E-state index in [0.29, 0.717) is 22.1 Å². The van der Waals surface area contributed by atoms with Gasteiger partial charge in [0, 0.05) is 17.1 Å². The Morgan fingerprint density at radius 2 is 2.00 bits per heavy atom. The summed E-state index contributed by atoms with van der Waals surface area (Å²) in [4.78, 5) is 20.8. The zero-order valence-corrected chi connectivity index (χ0v) is 12.1. The van der Waals surface area contributed by atoms with E-state index in [0.717, 1.165) is 10.9 Å². The van der Waals surface area contributed by atoms with Crippen molar-refractivity contribution in [1.29, 1.82) is 0 Å². The average Bonchev–Trinajstić information content (AvgIpc) is 2.49. The van der Waals surface area contributed by atoms with Gasteiger partial charge in [0.05, 0.1) is 16.9 Å². The predicted molar refractivity (Wildman–Crippen MR) is 83.7 cm³/mol. The number of aryl methyl sites for hydroxylation is 1. The number of pyridine rings is 2. The Morgan fingerprint density at radius 1 is 1.14 bits per heavy atom. The number of nitrogens with zero attached hydrogens (tertiary/aromatic N) is 2. The van der Waals surface area contributed by atoms with Gasteiger partial charge in [-0.2, -0.15) is 0 Å². The summed E-state index contributed by atoms with van der Waals surface area (Å²) < 4.78 is 0. The number of aromatic nitrogens is 2. The minimum atomic E-state index is -0.194. The van der Waals surface area contributed by atoms with Gasteiger partial charge in [0.15, 0.2) is 0 Å². The van der Waals surface area contributed by atoms with Gasteiger partial charge in [-0.15, -0.1) is 0 Å². The molecule has 0 spiro atoms. The van der Waals surface area contributed by atoms with E-state index >= 15 is 0 Å². The minimum absolute atomic E-state index is 0.194. The molecule has 0 aliphatic heterocycles. The normalized spacial score (nSPS) is 10.6. The Balaban J connectivity index is 1.97. The first-order valence-corrected chi connectivity index (χ1v) is 6.81. The Bertz CT molecular complexity index is 827. The first kappa shape index (κ1) is 13.5. The molecule has 21 heavy (non-hydrogen) atoms. The smallest absolute Gasteiger partial charge is 0.256 e. The second-order valence-corrected chi connectivity index (χ2v) is 4.98. The molecule has 0 fully saturated rings. The number of hydrogen-bond acceptors (Lipinski definition) is 3. The number of amides is 1. The van der Waals surface area contributed by atoms with Crippen LogP contribution in [0.3, 0.4) is 0 Å². The molecule has 1 amide bonds. The zero-order valence-electron chi connectivity index (χ0n) is 11.3. The number of anilines is 1. The van der Waals surface area contributed by atoms with E-state index < -0.39 is 0 Å². The highest BCUT2D eigenvalue weighted by Crippen LogP contribution is 2.20. The molecule has 0 atom stereocenters. The van der Waals surface area contributed by atoms with Crippen LogP contribution in [0.4, 0.5) is 5.69 Å². The number of nitrogens with one attached hydrogen (secondary N) is 1. The molecule has 5 heteroatoms. The van der Waals surface area contributed by atoms with E-state index in [1.165, 1.54) is 0 Å². The molecule has 0 bridgehead atoms. The summed E-state index contributed by atoms with van der Waals surface area (Å²) in [5.41, 5.74) is 2.69. The third-order valence-corrected chi connectivity index (χ3v) is 3.40. The Labute approximate surface area is 126 Å². The van der Waals surface area contributed by atoms with Crippen LogP contribution < -0.4 is 5.32 Å². The van der Waals surface area contributed by atoms with Crippen molar-refractivity contribution in [3.63, 3.8) is 0 Å². The summed E-state index contributed by atoms with van der Waals surface area (Å²) in [6.07, 6.45) is 1.71. The quantitative estimate of drug-likeness (QED) is 0.731. The van der Waals surface area contributed by atoms with E-state index in [4.69, 9.17) is 11.6 Å². The number of benzene rings is 1. The van der Waals surface area contributed by atoms with E-state index in [1.807, 2.05) is 24.3 Å². The number of fused-ring (bicyclic) bond motifs is 1.